The molecule has 0 spiro atoms. The third kappa shape index (κ3) is 4.35. The van der Waals surface area contributed by atoms with Gasteiger partial charge in [-0.3, -0.25) is 0 Å². The van der Waals surface area contributed by atoms with Crippen molar-refractivity contribution in [3.05, 3.63) is 29.6 Å². The molecule has 2 atom stereocenters. The van der Waals surface area contributed by atoms with Crippen molar-refractivity contribution in [3.8, 4) is 5.75 Å². The zero-order valence-electron chi connectivity index (χ0n) is 10.9. The lowest BCUT2D eigenvalue weighted by Crippen LogP contribution is -2.15. The van der Waals surface area contributed by atoms with Crippen LogP contribution in [-0.2, 0) is 0 Å². The Morgan fingerprint density at radius 3 is 2.41 bits per heavy atom. The first-order valence-electron chi connectivity index (χ1n) is 6.04. The van der Waals surface area contributed by atoms with Crippen LogP contribution in [0.5, 0.6) is 5.75 Å². The summed E-state index contributed by atoms with van der Waals surface area (Å²) < 4.78 is 18.8. The van der Waals surface area contributed by atoms with E-state index >= 15 is 0 Å². The zero-order valence-corrected chi connectivity index (χ0v) is 10.9. The summed E-state index contributed by atoms with van der Waals surface area (Å²) in [5.41, 5.74) is 0.501. The maximum Gasteiger partial charge on any atom is 0.125 e. The molecule has 0 heterocycles. The smallest absolute Gasteiger partial charge is 0.125 e. The summed E-state index contributed by atoms with van der Waals surface area (Å²) in [6, 6.07) is 4.25. The van der Waals surface area contributed by atoms with E-state index in [-0.39, 0.29) is 11.9 Å². The Bertz CT molecular complexity index is 361. The van der Waals surface area contributed by atoms with Crippen LogP contribution in [0.15, 0.2) is 18.2 Å². The minimum Gasteiger partial charge on any atom is -0.490 e. The third-order valence-electron chi connectivity index (χ3n) is 2.55. The first-order chi connectivity index (χ1) is 7.90. The highest BCUT2D eigenvalue weighted by Crippen LogP contribution is 2.27. The molecule has 0 radical (unpaired) electrons. The van der Waals surface area contributed by atoms with Gasteiger partial charge in [-0.05, 0) is 44.4 Å². The zero-order chi connectivity index (χ0) is 13.0. The SMILES string of the molecule is CC(C)CC(C)Oc1ccc(F)cc1[C@@H](C)O. The standard InChI is InChI=1S/C14H21FO2/c1-9(2)7-10(3)17-14-6-5-12(15)8-13(14)11(4)16/h5-6,8-11,16H,7H2,1-4H3/t10?,11-/m1/s1. The molecule has 0 fully saturated rings. The van der Waals surface area contributed by atoms with Gasteiger partial charge in [-0.1, -0.05) is 13.8 Å². The fraction of sp³-hybridized carbons (Fsp3) is 0.571. The highest BCUT2D eigenvalue weighted by Gasteiger charge is 2.14. The van der Waals surface area contributed by atoms with E-state index in [1.807, 2.05) is 6.92 Å². The molecule has 1 rings (SSSR count). The van der Waals surface area contributed by atoms with Crippen LogP contribution in [0.25, 0.3) is 0 Å². The van der Waals surface area contributed by atoms with Gasteiger partial charge in [0, 0.05) is 5.56 Å². The maximum atomic E-state index is 13.1. The molecule has 0 saturated heterocycles. The van der Waals surface area contributed by atoms with Gasteiger partial charge >= 0.3 is 0 Å². The summed E-state index contributed by atoms with van der Waals surface area (Å²) in [4.78, 5) is 0. The molecular formula is C14H21FO2. The van der Waals surface area contributed by atoms with Crippen molar-refractivity contribution in [2.45, 2.75) is 46.3 Å². The number of rotatable bonds is 5. The molecule has 1 aromatic rings. The molecule has 0 saturated carbocycles. The lowest BCUT2D eigenvalue weighted by molar-refractivity contribution is 0.166. The molecule has 0 aliphatic rings. The first-order valence-corrected chi connectivity index (χ1v) is 6.04. The molecule has 1 unspecified atom stereocenters. The van der Waals surface area contributed by atoms with Gasteiger partial charge in [0.1, 0.15) is 11.6 Å². The van der Waals surface area contributed by atoms with Gasteiger partial charge in [-0.15, -0.1) is 0 Å². The van der Waals surface area contributed by atoms with E-state index in [1.54, 1.807) is 13.0 Å². The lowest BCUT2D eigenvalue weighted by atomic mass is 10.1. The summed E-state index contributed by atoms with van der Waals surface area (Å²) in [5, 5.41) is 9.58. The number of hydrogen-bond donors (Lipinski definition) is 1. The number of halogens is 1. The van der Waals surface area contributed by atoms with Gasteiger partial charge in [0.2, 0.25) is 0 Å². The maximum absolute atomic E-state index is 13.1. The highest BCUT2D eigenvalue weighted by molar-refractivity contribution is 5.35. The Morgan fingerprint density at radius 2 is 1.88 bits per heavy atom. The second-order valence-corrected chi connectivity index (χ2v) is 4.92. The third-order valence-corrected chi connectivity index (χ3v) is 2.55. The average Bonchev–Trinajstić information content (AvgIpc) is 2.19. The average molecular weight is 240 g/mol. The van der Waals surface area contributed by atoms with Crippen molar-refractivity contribution in [1.82, 2.24) is 0 Å². The van der Waals surface area contributed by atoms with Crippen molar-refractivity contribution in [1.29, 1.82) is 0 Å². The van der Waals surface area contributed by atoms with Gasteiger partial charge < -0.3 is 9.84 Å². The second kappa shape index (κ2) is 6.01. The summed E-state index contributed by atoms with van der Waals surface area (Å²) in [6.07, 6.45) is 0.251. The van der Waals surface area contributed by atoms with Crippen molar-refractivity contribution >= 4 is 0 Å². The number of ether oxygens (including phenoxy) is 1. The van der Waals surface area contributed by atoms with E-state index in [9.17, 15) is 9.50 Å². The van der Waals surface area contributed by atoms with Gasteiger partial charge in [-0.2, -0.15) is 0 Å². The molecule has 0 aliphatic carbocycles. The molecule has 0 aromatic heterocycles. The summed E-state index contributed by atoms with van der Waals surface area (Å²) in [5.74, 6) is 0.750. The van der Waals surface area contributed by atoms with Gasteiger partial charge in [-0.25, -0.2) is 4.39 Å². The molecular weight excluding hydrogens is 219 g/mol. The van der Waals surface area contributed by atoms with Crippen molar-refractivity contribution in [2.75, 3.05) is 0 Å². The second-order valence-electron chi connectivity index (χ2n) is 4.92. The number of benzene rings is 1. The fourth-order valence-corrected chi connectivity index (χ4v) is 1.88. The Hall–Kier alpha value is -1.09. The van der Waals surface area contributed by atoms with Crippen LogP contribution in [0.4, 0.5) is 4.39 Å². The van der Waals surface area contributed by atoms with E-state index in [0.717, 1.165) is 6.42 Å². The van der Waals surface area contributed by atoms with Gasteiger partial charge in [0.05, 0.1) is 12.2 Å². The molecule has 0 aliphatic heterocycles. The minimum atomic E-state index is -0.730. The lowest BCUT2D eigenvalue weighted by Gasteiger charge is -2.20. The normalized spacial score (nSPS) is 14.8. The summed E-state index contributed by atoms with van der Waals surface area (Å²) >= 11 is 0. The van der Waals surface area contributed by atoms with E-state index in [2.05, 4.69) is 13.8 Å². The van der Waals surface area contributed by atoms with Crippen LogP contribution >= 0.6 is 0 Å². The molecule has 2 nitrogen and oxygen atoms in total. The molecule has 3 heteroatoms. The molecule has 96 valence electrons. The van der Waals surface area contributed by atoms with E-state index in [0.29, 0.717) is 17.2 Å². The Kier molecular flexibility index (Phi) is 4.94. The first kappa shape index (κ1) is 14.0. The van der Waals surface area contributed by atoms with Crippen LogP contribution in [0.2, 0.25) is 0 Å². The molecule has 0 amide bonds. The summed E-state index contributed by atoms with van der Waals surface area (Å²) in [7, 11) is 0. The van der Waals surface area contributed by atoms with Crippen molar-refractivity contribution in [3.63, 3.8) is 0 Å². The van der Waals surface area contributed by atoms with Crippen molar-refractivity contribution < 1.29 is 14.2 Å². The van der Waals surface area contributed by atoms with Crippen LogP contribution in [0, 0.1) is 11.7 Å². The molecule has 0 bridgehead atoms. The Balaban J connectivity index is 2.83. The van der Waals surface area contributed by atoms with Crippen LogP contribution in [0.1, 0.15) is 45.8 Å². The largest absolute Gasteiger partial charge is 0.490 e. The van der Waals surface area contributed by atoms with Crippen LogP contribution in [0.3, 0.4) is 0 Å². The monoisotopic (exact) mass is 240 g/mol. The number of aliphatic hydroxyl groups excluding tert-OH is 1. The predicted octanol–water partition coefficient (Wildman–Crippen LogP) is 3.69. The number of hydrogen-bond acceptors (Lipinski definition) is 2. The number of aliphatic hydroxyl groups is 1. The van der Waals surface area contributed by atoms with Gasteiger partial charge in [0.15, 0.2) is 0 Å². The van der Waals surface area contributed by atoms with E-state index in [1.165, 1.54) is 12.1 Å². The fourth-order valence-electron chi connectivity index (χ4n) is 1.88. The van der Waals surface area contributed by atoms with Crippen molar-refractivity contribution in [2.24, 2.45) is 5.92 Å². The quantitative estimate of drug-likeness (QED) is 0.850. The summed E-state index contributed by atoms with van der Waals surface area (Å²) in [6.45, 7) is 7.84. The van der Waals surface area contributed by atoms with E-state index in [4.69, 9.17) is 4.74 Å². The van der Waals surface area contributed by atoms with Crippen LogP contribution < -0.4 is 4.74 Å². The predicted molar refractivity (Wildman–Crippen MR) is 66.6 cm³/mol. The highest BCUT2D eigenvalue weighted by atomic mass is 19.1. The Morgan fingerprint density at radius 1 is 1.24 bits per heavy atom. The topological polar surface area (TPSA) is 29.5 Å². The van der Waals surface area contributed by atoms with Gasteiger partial charge in [0.25, 0.3) is 0 Å². The van der Waals surface area contributed by atoms with E-state index < -0.39 is 6.10 Å². The molecule has 1 aromatic carbocycles. The van der Waals surface area contributed by atoms with Crippen LogP contribution in [-0.4, -0.2) is 11.2 Å². The molecule has 17 heavy (non-hydrogen) atoms. The minimum absolute atomic E-state index is 0.0537. The molecule has 1 N–H and O–H groups in total. The Labute approximate surface area is 102 Å².